The molecule has 2 N–H and O–H groups in total. The molecule has 0 saturated carbocycles. The highest BCUT2D eigenvalue weighted by molar-refractivity contribution is 5.94. The third-order valence-corrected chi connectivity index (χ3v) is 3.21. The van der Waals surface area contributed by atoms with Crippen LogP contribution in [0, 0.1) is 5.82 Å². The minimum Gasteiger partial charge on any atom is -0.348 e. The van der Waals surface area contributed by atoms with Crippen LogP contribution in [0.2, 0.25) is 0 Å². The summed E-state index contributed by atoms with van der Waals surface area (Å²) in [6.07, 6.45) is 0. The Balaban J connectivity index is 2.02. The molecule has 2 aromatic carbocycles. The van der Waals surface area contributed by atoms with Crippen LogP contribution in [-0.4, -0.2) is 20.0 Å². The van der Waals surface area contributed by atoms with Gasteiger partial charge in [0.05, 0.1) is 14.1 Å². The van der Waals surface area contributed by atoms with Crippen LogP contribution < -0.4 is 10.2 Å². The number of halogens is 1. The fourth-order valence-electron chi connectivity index (χ4n) is 2.16. The summed E-state index contributed by atoms with van der Waals surface area (Å²) in [7, 11) is 4.18. The molecular formula is C17H20FN2O+. The molecule has 0 heterocycles. The summed E-state index contributed by atoms with van der Waals surface area (Å²) in [6.45, 7) is 1.38. The molecule has 0 aliphatic rings. The number of benzene rings is 2. The van der Waals surface area contributed by atoms with Crippen LogP contribution in [0.4, 0.5) is 4.39 Å². The number of amides is 1. The van der Waals surface area contributed by atoms with E-state index in [0.29, 0.717) is 12.1 Å². The van der Waals surface area contributed by atoms with E-state index < -0.39 is 0 Å². The lowest BCUT2D eigenvalue weighted by molar-refractivity contribution is -0.872. The van der Waals surface area contributed by atoms with Crippen molar-refractivity contribution in [2.24, 2.45) is 0 Å². The summed E-state index contributed by atoms with van der Waals surface area (Å²) in [5.74, 6) is -0.534. The normalized spacial score (nSPS) is 10.7. The molecule has 0 aliphatic heterocycles. The predicted molar refractivity (Wildman–Crippen MR) is 80.5 cm³/mol. The molecular weight excluding hydrogens is 267 g/mol. The zero-order valence-corrected chi connectivity index (χ0v) is 12.3. The third kappa shape index (κ3) is 4.39. The lowest BCUT2D eigenvalue weighted by Crippen LogP contribution is -3.04. The van der Waals surface area contributed by atoms with Gasteiger partial charge >= 0.3 is 0 Å². The Bertz CT molecular complexity index is 608. The Labute approximate surface area is 124 Å². The number of hydrogen-bond acceptors (Lipinski definition) is 1. The van der Waals surface area contributed by atoms with E-state index in [1.807, 2.05) is 18.2 Å². The first-order valence-corrected chi connectivity index (χ1v) is 6.96. The van der Waals surface area contributed by atoms with Gasteiger partial charge in [0.2, 0.25) is 0 Å². The summed E-state index contributed by atoms with van der Waals surface area (Å²) >= 11 is 0. The van der Waals surface area contributed by atoms with Crippen molar-refractivity contribution >= 4 is 5.91 Å². The standard InChI is InChI=1S/C17H19FN2O/c1-20(2)12-15-6-4-3-5-14(15)11-19-17(21)13-7-9-16(18)10-8-13/h3-10H,11-12H2,1-2H3,(H,19,21)/p+1. The molecule has 0 fully saturated rings. The van der Waals surface area contributed by atoms with Gasteiger partial charge in [0, 0.05) is 17.7 Å². The Kier molecular flexibility index (Phi) is 5.06. The van der Waals surface area contributed by atoms with Crippen molar-refractivity contribution in [1.29, 1.82) is 0 Å². The van der Waals surface area contributed by atoms with E-state index >= 15 is 0 Å². The topological polar surface area (TPSA) is 33.5 Å². The van der Waals surface area contributed by atoms with Crippen LogP contribution in [0.25, 0.3) is 0 Å². The minimum atomic E-state index is -0.342. The first-order chi connectivity index (χ1) is 10.1. The zero-order valence-electron chi connectivity index (χ0n) is 12.3. The van der Waals surface area contributed by atoms with Crippen LogP contribution in [0.5, 0.6) is 0 Å². The molecule has 1 amide bonds. The number of quaternary nitrogens is 1. The van der Waals surface area contributed by atoms with Gasteiger partial charge in [0.25, 0.3) is 5.91 Å². The van der Waals surface area contributed by atoms with Crippen molar-refractivity contribution in [3.63, 3.8) is 0 Å². The number of carbonyl (C=O) groups excluding carboxylic acids is 1. The molecule has 21 heavy (non-hydrogen) atoms. The molecule has 0 spiro atoms. The van der Waals surface area contributed by atoms with Crippen molar-refractivity contribution in [3.8, 4) is 0 Å². The maximum Gasteiger partial charge on any atom is 0.251 e. The highest BCUT2D eigenvalue weighted by Gasteiger charge is 2.08. The van der Waals surface area contributed by atoms with E-state index in [4.69, 9.17) is 0 Å². The number of hydrogen-bond donors (Lipinski definition) is 2. The Hall–Kier alpha value is -2.20. The smallest absolute Gasteiger partial charge is 0.251 e. The fourth-order valence-corrected chi connectivity index (χ4v) is 2.16. The van der Waals surface area contributed by atoms with E-state index in [9.17, 15) is 9.18 Å². The zero-order chi connectivity index (χ0) is 15.2. The second kappa shape index (κ2) is 6.99. The SMILES string of the molecule is C[NH+](C)Cc1ccccc1CNC(=O)c1ccc(F)cc1. The fraction of sp³-hybridized carbons (Fsp3) is 0.235. The van der Waals surface area contributed by atoms with E-state index in [0.717, 1.165) is 12.1 Å². The summed E-state index contributed by atoms with van der Waals surface area (Å²) in [5.41, 5.74) is 2.79. The van der Waals surface area contributed by atoms with Gasteiger partial charge in [-0.15, -0.1) is 0 Å². The van der Waals surface area contributed by atoms with Gasteiger partial charge in [0.1, 0.15) is 12.4 Å². The Morgan fingerprint density at radius 3 is 2.29 bits per heavy atom. The second-order valence-corrected chi connectivity index (χ2v) is 5.34. The number of nitrogens with one attached hydrogen (secondary N) is 2. The molecule has 0 unspecified atom stereocenters. The average molecular weight is 287 g/mol. The second-order valence-electron chi connectivity index (χ2n) is 5.34. The van der Waals surface area contributed by atoms with E-state index in [2.05, 4.69) is 25.5 Å². The maximum absolute atomic E-state index is 12.8. The highest BCUT2D eigenvalue weighted by atomic mass is 19.1. The average Bonchev–Trinajstić information content (AvgIpc) is 2.46. The van der Waals surface area contributed by atoms with Gasteiger partial charge in [-0.05, 0) is 29.8 Å². The summed E-state index contributed by atoms with van der Waals surface area (Å²) < 4.78 is 12.8. The number of carbonyl (C=O) groups is 1. The number of rotatable bonds is 5. The van der Waals surface area contributed by atoms with Crippen LogP contribution in [0.15, 0.2) is 48.5 Å². The van der Waals surface area contributed by atoms with E-state index in [1.54, 1.807) is 0 Å². The molecule has 0 radical (unpaired) electrons. The van der Waals surface area contributed by atoms with Gasteiger partial charge in [-0.3, -0.25) is 4.79 Å². The lowest BCUT2D eigenvalue weighted by atomic mass is 10.1. The first kappa shape index (κ1) is 15.2. The predicted octanol–water partition coefficient (Wildman–Crippen LogP) is 1.40. The highest BCUT2D eigenvalue weighted by Crippen LogP contribution is 2.08. The summed E-state index contributed by atoms with van der Waals surface area (Å²) in [5, 5.41) is 2.88. The van der Waals surface area contributed by atoms with Crippen LogP contribution in [-0.2, 0) is 13.1 Å². The molecule has 110 valence electrons. The van der Waals surface area contributed by atoms with Crippen molar-refractivity contribution in [3.05, 3.63) is 71.0 Å². The third-order valence-electron chi connectivity index (χ3n) is 3.21. The maximum atomic E-state index is 12.8. The first-order valence-electron chi connectivity index (χ1n) is 6.96. The van der Waals surface area contributed by atoms with Gasteiger partial charge in [-0.1, -0.05) is 24.3 Å². The van der Waals surface area contributed by atoms with Crippen molar-refractivity contribution in [2.45, 2.75) is 13.1 Å². The van der Waals surface area contributed by atoms with Crippen LogP contribution in [0.1, 0.15) is 21.5 Å². The largest absolute Gasteiger partial charge is 0.348 e. The van der Waals surface area contributed by atoms with Crippen molar-refractivity contribution < 1.29 is 14.1 Å². The van der Waals surface area contributed by atoms with E-state index in [-0.39, 0.29) is 11.7 Å². The Morgan fingerprint density at radius 2 is 1.67 bits per heavy atom. The van der Waals surface area contributed by atoms with Crippen molar-refractivity contribution in [1.82, 2.24) is 5.32 Å². The van der Waals surface area contributed by atoms with Gasteiger partial charge < -0.3 is 10.2 Å². The summed E-state index contributed by atoms with van der Waals surface area (Å²) in [4.78, 5) is 13.4. The van der Waals surface area contributed by atoms with Gasteiger partial charge in [-0.2, -0.15) is 0 Å². The lowest BCUT2D eigenvalue weighted by Gasteiger charge is -2.13. The Morgan fingerprint density at radius 1 is 1.05 bits per heavy atom. The molecule has 0 saturated heterocycles. The van der Waals surface area contributed by atoms with E-state index in [1.165, 1.54) is 34.7 Å². The van der Waals surface area contributed by atoms with Crippen LogP contribution in [0.3, 0.4) is 0 Å². The van der Waals surface area contributed by atoms with Gasteiger partial charge in [0.15, 0.2) is 0 Å². The summed E-state index contributed by atoms with van der Waals surface area (Å²) in [6, 6.07) is 13.6. The molecule has 0 bridgehead atoms. The molecule has 4 heteroatoms. The van der Waals surface area contributed by atoms with Crippen LogP contribution >= 0.6 is 0 Å². The molecule has 0 aromatic heterocycles. The minimum absolute atomic E-state index is 0.193. The molecule has 2 aromatic rings. The molecule has 2 rings (SSSR count). The quantitative estimate of drug-likeness (QED) is 0.856. The monoisotopic (exact) mass is 287 g/mol. The molecule has 0 aliphatic carbocycles. The molecule has 0 atom stereocenters. The van der Waals surface area contributed by atoms with Gasteiger partial charge in [-0.25, -0.2) is 4.39 Å². The van der Waals surface area contributed by atoms with Crippen molar-refractivity contribution in [2.75, 3.05) is 14.1 Å². The molecule has 3 nitrogen and oxygen atoms in total.